The topological polar surface area (TPSA) is 70.5 Å². The molecular formula is C20H24N2O3S. The van der Waals surface area contributed by atoms with Crippen molar-refractivity contribution in [3.63, 3.8) is 0 Å². The van der Waals surface area contributed by atoms with E-state index >= 15 is 0 Å². The summed E-state index contributed by atoms with van der Waals surface area (Å²) in [6, 6.07) is 8.21. The Bertz CT molecular complexity index is 787. The monoisotopic (exact) mass is 372 g/mol. The van der Waals surface area contributed by atoms with Crippen LogP contribution in [0.25, 0.3) is 10.6 Å². The summed E-state index contributed by atoms with van der Waals surface area (Å²) in [5, 5.41) is 11.7. The van der Waals surface area contributed by atoms with Gasteiger partial charge in [0.1, 0.15) is 5.01 Å². The average molecular weight is 372 g/mol. The van der Waals surface area contributed by atoms with Gasteiger partial charge >= 0.3 is 5.97 Å². The van der Waals surface area contributed by atoms with Gasteiger partial charge in [0.2, 0.25) is 5.91 Å². The molecule has 3 rings (SSSR count). The van der Waals surface area contributed by atoms with Gasteiger partial charge < -0.3 is 10.0 Å². The Hall–Kier alpha value is -2.21. The maximum Gasteiger partial charge on any atom is 0.303 e. The van der Waals surface area contributed by atoms with E-state index in [0.717, 1.165) is 35.7 Å². The molecule has 1 fully saturated rings. The highest BCUT2D eigenvalue weighted by molar-refractivity contribution is 7.13. The van der Waals surface area contributed by atoms with Crippen molar-refractivity contribution in [2.45, 2.75) is 39.0 Å². The quantitative estimate of drug-likeness (QED) is 0.838. The molecule has 1 aliphatic rings. The Balaban J connectivity index is 1.58. The molecule has 0 aliphatic carbocycles. The standard InChI is InChI=1S/C20H24N2O3S/c1-14-4-2-6-16(10-14)20-21-17(13-26-20)11-18(23)22-9-3-5-15(12-22)7-8-19(24)25/h2,4,6,10,13,15H,3,5,7-9,11-12H2,1H3,(H,24,25). The third-order valence-electron chi connectivity index (χ3n) is 4.79. The van der Waals surface area contributed by atoms with E-state index < -0.39 is 5.97 Å². The van der Waals surface area contributed by atoms with Crippen LogP contribution >= 0.6 is 11.3 Å². The van der Waals surface area contributed by atoms with Crippen LogP contribution in [-0.2, 0) is 16.0 Å². The van der Waals surface area contributed by atoms with Crippen LogP contribution in [0.15, 0.2) is 29.6 Å². The number of carboxylic acids is 1. The molecule has 0 bridgehead atoms. The molecule has 2 heterocycles. The number of carbonyl (C=O) groups is 2. The van der Waals surface area contributed by atoms with Crippen LogP contribution in [0.1, 0.15) is 36.9 Å². The van der Waals surface area contributed by atoms with Gasteiger partial charge in [0, 0.05) is 30.5 Å². The van der Waals surface area contributed by atoms with E-state index in [4.69, 9.17) is 5.11 Å². The number of amides is 1. The molecule has 1 aromatic carbocycles. The average Bonchev–Trinajstić information content (AvgIpc) is 3.09. The highest BCUT2D eigenvalue weighted by Gasteiger charge is 2.24. The Kier molecular flexibility index (Phi) is 6.04. The predicted octanol–water partition coefficient (Wildman–Crippen LogP) is 3.76. The number of rotatable bonds is 6. The normalized spacial score (nSPS) is 17.3. The molecule has 138 valence electrons. The first-order valence-electron chi connectivity index (χ1n) is 9.02. The van der Waals surface area contributed by atoms with E-state index in [1.807, 2.05) is 22.4 Å². The lowest BCUT2D eigenvalue weighted by molar-refractivity contribution is -0.137. The number of aromatic nitrogens is 1. The molecule has 1 unspecified atom stereocenters. The van der Waals surface area contributed by atoms with Gasteiger partial charge in [-0.1, -0.05) is 23.8 Å². The summed E-state index contributed by atoms with van der Waals surface area (Å²) >= 11 is 1.56. The van der Waals surface area contributed by atoms with Crippen molar-refractivity contribution in [3.8, 4) is 10.6 Å². The fraction of sp³-hybridized carbons (Fsp3) is 0.450. The molecule has 1 atom stereocenters. The zero-order chi connectivity index (χ0) is 18.5. The number of piperidine rings is 1. The smallest absolute Gasteiger partial charge is 0.303 e. The number of carbonyl (C=O) groups excluding carboxylic acids is 1. The van der Waals surface area contributed by atoms with E-state index in [2.05, 4.69) is 24.0 Å². The Morgan fingerprint density at radius 1 is 1.38 bits per heavy atom. The summed E-state index contributed by atoms with van der Waals surface area (Å²) in [6.45, 7) is 3.48. The number of aliphatic carboxylic acids is 1. The molecule has 1 amide bonds. The lowest BCUT2D eigenvalue weighted by Gasteiger charge is -2.32. The second-order valence-corrected chi connectivity index (χ2v) is 7.83. The fourth-order valence-corrected chi connectivity index (χ4v) is 4.24. The summed E-state index contributed by atoms with van der Waals surface area (Å²) in [7, 11) is 0. The van der Waals surface area contributed by atoms with Crippen LogP contribution in [0.4, 0.5) is 0 Å². The van der Waals surface area contributed by atoms with Crippen molar-refractivity contribution < 1.29 is 14.7 Å². The van der Waals surface area contributed by atoms with Crippen molar-refractivity contribution in [1.29, 1.82) is 0 Å². The molecular weight excluding hydrogens is 348 g/mol. The Morgan fingerprint density at radius 2 is 2.23 bits per heavy atom. The number of carboxylic acid groups (broad SMARTS) is 1. The number of hydrogen-bond acceptors (Lipinski definition) is 4. The molecule has 1 N–H and O–H groups in total. The van der Waals surface area contributed by atoms with Crippen LogP contribution in [0, 0.1) is 12.8 Å². The Morgan fingerprint density at radius 3 is 3.00 bits per heavy atom. The van der Waals surface area contributed by atoms with Crippen LogP contribution in [0.5, 0.6) is 0 Å². The van der Waals surface area contributed by atoms with Gasteiger partial charge in [0.15, 0.2) is 0 Å². The third-order valence-corrected chi connectivity index (χ3v) is 5.73. The van der Waals surface area contributed by atoms with Crippen molar-refractivity contribution in [1.82, 2.24) is 9.88 Å². The second-order valence-electron chi connectivity index (χ2n) is 6.97. The minimum Gasteiger partial charge on any atom is -0.481 e. The Labute approximate surface area is 157 Å². The maximum absolute atomic E-state index is 12.6. The van der Waals surface area contributed by atoms with E-state index in [-0.39, 0.29) is 12.3 Å². The van der Waals surface area contributed by atoms with Crippen molar-refractivity contribution in [2.24, 2.45) is 5.92 Å². The van der Waals surface area contributed by atoms with Crippen molar-refractivity contribution >= 4 is 23.2 Å². The lowest BCUT2D eigenvalue weighted by atomic mass is 9.93. The fourth-order valence-electron chi connectivity index (χ4n) is 3.42. The van der Waals surface area contributed by atoms with E-state index in [9.17, 15) is 9.59 Å². The summed E-state index contributed by atoms with van der Waals surface area (Å²) in [5.74, 6) is -0.382. The highest BCUT2D eigenvalue weighted by Crippen LogP contribution is 2.26. The molecule has 1 aliphatic heterocycles. The molecule has 0 saturated carbocycles. The maximum atomic E-state index is 12.6. The summed E-state index contributed by atoms with van der Waals surface area (Å²) in [5.41, 5.74) is 3.08. The molecule has 1 aromatic heterocycles. The van der Waals surface area contributed by atoms with Gasteiger partial charge in [0.05, 0.1) is 12.1 Å². The molecule has 5 nitrogen and oxygen atoms in total. The number of nitrogens with zero attached hydrogens (tertiary/aromatic N) is 2. The molecule has 0 spiro atoms. The zero-order valence-corrected chi connectivity index (χ0v) is 15.8. The van der Waals surface area contributed by atoms with Crippen LogP contribution in [0.3, 0.4) is 0 Å². The van der Waals surface area contributed by atoms with Gasteiger partial charge in [-0.3, -0.25) is 9.59 Å². The second kappa shape index (κ2) is 8.45. The first-order chi connectivity index (χ1) is 12.5. The summed E-state index contributed by atoms with van der Waals surface area (Å²) in [6.07, 6.45) is 3.09. The van der Waals surface area contributed by atoms with Gasteiger partial charge in [-0.05, 0) is 38.2 Å². The van der Waals surface area contributed by atoms with E-state index in [0.29, 0.717) is 25.3 Å². The molecule has 1 saturated heterocycles. The minimum absolute atomic E-state index is 0.0890. The zero-order valence-electron chi connectivity index (χ0n) is 15.0. The van der Waals surface area contributed by atoms with E-state index in [1.165, 1.54) is 5.56 Å². The number of likely N-dealkylation sites (tertiary alicyclic amines) is 1. The van der Waals surface area contributed by atoms with Gasteiger partial charge in [-0.25, -0.2) is 4.98 Å². The van der Waals surface area contributed by atoms with Crippen LogP contribution in [-0.4, -0.2) is 40.0 Å². The SMILES string of the molecule is Cc1cccc(-c2nc(CC(=O)N3CCCC(CCC(=O)O)C3)cs2)c1. The molecule has 6 heteroatoms. The minimum atomic E-state index is -0.764. The molecule has 0 radical (unpaired) electrons. The van der Waals surface area contributed by atoms with Gasteiger partial charge in [0.25, 0.3) is 0 Å². The molecule has 26 heavy (non-hydrogen) atoms. The van der Waals surface area contributed by atoms with Crippen molar-refractivity contribution in [3.05, 3.63) is 40.9 Å². The van der Waals surface area contributed by atoms with Gasteiger partial charge in [-0.15, -0.1) is 11.3 Å². The largest absolute Gasteiger partial charge is 0.481 e. The van der Waals surface area contributed by atoms with Crippen molar-refractivity contribution in [2.75, 3.05) is 13.1 Å². The highest BCUT2D eigenvalue weighted by atomic mass is 32.1. The van der Waals surface area contributed by atoms with E-state index in [1.54, 1.807) is 11.3 Å². The first kappa shape index (κ1) is 18.6. The summed E-state index contributed by atoms with van der Waals surface area (Å²) < 4.78 is 0. The third kappa shape index (κ3) is 4.91. The van der Waals surface area contributed by atoms with Crippen LogP contribution < -0.4 is 0 Å². The lowest BCUT2D eigenvalue weighted by Crippen LogP contribution is -2.40. The number of thiazole rings is 1. The van der Waals surface area contributed by atoms with Crippen LogP contribution in [0.2, 0.25) is 0 Å². The van der Waals surface area contributed by atoms with Gasteiger partial charge in [-0.2, -0.15) is 0 Å². The summed E-state index contributed by atoms with van der Waals surface area (Å²) in [4.78, 5) is 29.9. The number of aryl methyl sites for hydroxylation is 1. The predicted molar refractivity (Wildman–Crippen MR) is 102 cm³/mol. The number of hydrogen-bond donors (Lipinski definition) is 1. The number of benzene rings is 1. The molecule has 2 aromatic rings. The first-order valence-corrected chi connectivity index (χ1v) is 9.90.